The molecule has 3 rings (SSSR count). The van der Waals surface area contributed by atoms with Crippen molar-refractivity contribution < 1.29 is 14.7 Å². The summed E-state index contributed by atoms with van der Waals surface area (Å²) in [5, 5.41) is 12.6. The van der Waals surface area contributed by atoms with E-state index in [1.54, 1.807) is 11.8 Å². The fraction of sp³-hybridized carbons (Fsp3) is 0.867. The Labute approximate surface area is 119 Å². The summed E-state index contributed by atoms with van der Waals surface area (Å²) in [7, 11) is 0. The predicted octanol–water partition coefficient (Wildman–Crippen LogP) is 2.21. The molecule has 3 fully saturated rings. The Morgan fingerprint density at radius 2 is 1.80 bits per heavy atom. The van der Waals surface area contributed by atoms with Gasteiger partial charge >= 0.3 is 12.0 Å². The summed E-state index contributed by atoms with van der Waals surface area (Å²) < 4.78 is 0. The van der Waals surface area contributed by atoms with Gasteiger partial charge in [-0.15, -0.1) is 0 Å². The largest absolute Gasteiger partial charge is 0.480 e. The fourth-order valence-electron chi connectivity index (χ4n) is 3.42. The topological polar surface area (TPSA) is 69.6 Å². The van der Waals surface area contributed by atoms with Gasteiger partial charge in [0.1, 0.15) is 5.54 Å². The third-order valence-electron chi connectivity index (χ3n) is 5.15. The lowest BCUT2D eigenvalue weighted by Crippen LogP contribution is -2.61. The third-order valence-corrected chi connectivity index (χ3v) is 5.15. The summed E-state index contributed by atoms with van der Waals surface area (Å²) >= 11 is 0. The van der Waals surface area contributed by atoms with E-state index in [-0.39, 0.29) is 12.1 Å². The lowest BCUT2D eigenvalue weighted by atomic mass is 9.89. The molecule has 1 atom stereocenters. The van der Waals surface area contributed by atoms with Crippen LogP contribution in [0.2, 0.25) is 0 Å². The number of carboxylic acid groups (broad SMARTS) is 1. The highest BCUT2D eigenvalue weighted by atomic mass is 16.4. The number of carbonyl (C=O) groups is 2. The highest BCUT2D eigenvalue weighted by Crippen LogP contribution is 2.44. The molecule has 2 amide bonds. The van der Waals surface area contributed by atoms with Crippen LogP contribution in [0.5, 0.6) is 0 Å². The number of rotatable bonds is 4. The highest BCUT2D eigenvalue weighted by Gasteiger charge is 2.47. The number of nitrogens with one attached hydrogen (secondary N) is 1. The second kappa shape index (κ2) is 4.93. The lowest BCUT2D eigenvalue weighted by molar-refractivity contribution is -0.150. The average molecular weight is 280 g/mol. The molecule has 0 spiro atoms. The molecule has 2 saturated carbocycles. The van der Waals surface area contributed by atoms with Gasteiger partial charge in [-0.05, 0) is 63.7 Å². The molecule has 0 radical (unpaired) electrons. The molecule has 0 aromatic carbocycles. The van der Waals surface area contributed by atoms with Crippen LogP contribution >= 0.6 is 0 Å². The molecule has 5 nitrogen and oxygen atoms in total. The Morgan fingerprint density at radius 3 is 2.30 bits per heavy atom. The minimum atomic E-state index is -1.04. The Hall–Kier alpha value is -1.26. The quantitative estimate of drug-likeness (QED) is 0.829. The van der Waals surface area contributed by atoms with Crippen molar-refractivity contribution in [3.8, 4) is 0 Å². The molecule has 2 N–H and O–H groups in total. The van der Waals surface area contributed by atoms with Crippen molar-refractivity contribution in [2.45, 2.75) is 63.5 Å². The number of nitrogens with zero attached hydrogens (tertiary/aromatic N) is 1. The van der Waals surface area contributed by atoms with Gasteiger partial charge in [-0.1, -0.05) is 0 Å². The SMILES string of the molecule is CC1(C(=O)O)CCCCN1C(=O)NC(C1CC1)C1CC1. The van der Waals surface area contributed by atoms with E-state index in [9.17, 15) is 14.7 Å². The predicted molar refractivity (Wildman–Crippen MR) is 74.4 cm³/mol. The minimum Gasteiger partial charge on any atom is -0.480 e. The van der Waals surface area contributed by atoms with Crippen molar-refractivity contribution in [3.05, 3.63) is 0 Å². The van der Waals surface area contributed by atoms with E-state index < -0.39 is 11.5 Å². The van der Waals surface area contributed by atoms with E-state index in [1.807, 2.05) is 0 Å². The molecule has 3 aliphatic rings. The van der Waals surface area contributed by atoms with Crippen LogP contribution in [-0.4, -0.2) is 40.1 Å². The van der Waals surface area contributed by atoms with Gasteiger partial charge in [0.05, 0.1) is 0 Å². The maximum Gasteiger partial charge on any atom is 0.329 e. The fourth-order valence-corrected chi connectivity index (χ4v) is 3.42. The number of carboxylic acids is 1. The first-order valence-electron chi connectivity index (χ1n) is 7.84. The zero-order valence-electron chi connectivity index (χ0n) is 12.1. The molecular weight excluding hydrogens is 256 g/mol. The average Bonchev–Trinajstić information content (AvgIpc) is 3.28. The number of carbonyl (C=O) groups excluding carboxylic acids is 1. The molecule has 5 heteroatoms. The number of hydrogen-bond donors (Lipinski definition) is 2. The molecule has 1 saturated heterocycles. The normalized spacial score (nSPS) is 30.4. The van der Waals surface area contributed by atoms with Crippen molar-refractivity contribution >= 4 is 12.0 Å². The van der Waals surface area contributed by atoms with Crippen LogP contribution in [0.4, 0.5) is 4.79 Å². The second-order valence-electron chi connectivity index (χ2n) is 6.84. The van der Waals surface area contributed by atoms with Gasteiger partial charge in [-0.3, -0.25) is 0 Å². The number of amides is 2. The van der Waals surface area contributed by atoms with Gasteiger partial charge in [0, 0.05) is 12.6 Å². The first-order valence-corrected chi connectivity index (χ1v) is 7.84. The Balaban J connectivity index is 1.69. The zero-order valence-corrected chi connectivity index (χ0v) is 12.1. The first-order chi connectivity index (χ1) is 9.52. The number of hydrogen-bond acceptors (Lipinski definition) is 2. The number of urea groups is 1. The Morgan fingerprint density at radius 1 is 1.20 bits per heavy atom. The minimum absolute atomic E-state index is 0.168. The number of piperidine rings is 1. The van der Waals surface area contributed by atoms with E-state index in [0.717, 1.165) is 12.8 Å². The van der Waals surface area contributed by atoms with E-state index in [4.69, 9.17) is 0 Å². The summed E-state index contributed by atoms with van der Waals surface area (Å²) in [5.74, 6) is 0.376. The number of aliphatic carboxylic acids is 1. The summed E-state index contributed by atoms with van der Waals surface area (Å²) in [6.45, 7) is 2.23. The smallest absolute Gasteiger partial charge is 0.329 e. The summed E-state index contributed by atoms with van der Waals surface area (Å²) in [6.07, 6.45) is 7.15. The third kappa shape index (κ3) is 2.50. The van der Waals surface area contributed by atoms with Gasteiger partial charge in [-0.25, -0.2) is 9.59 Å². The van der Waals surface area contributed by atoms with Gasteiger partial charge in [-0.2, -0.15) is 0 Å². The van der Waals surface area contributed by atoms with Crippen LogP contribution in [-0.2, 0) is 4.79 Å². The van der Waals surface area contributed by atoms with Crippen LogP contribution in [0.1, 0.15) is 51.9 Å². The highest BCUT2D eigenvalue weighted by molar-refractivity contribution is 5.86. The monoisotopic (exact) mass is 280 g/mol. The van der Waals surface area contributed by atoms with Crippen molar-refractivity contribution in [1.82, 2.24) is 10.2 Å². The molecule has 1 unspecified atom stereocenters. The van der Waals surface area contributed by atoms with E-state index in [0.29, 0.717) is 24.8 Å². The Kier molecular flexibility index (Phi) is 3.38. The zero-order chi connectivity index (χ0) is 14.3. The van der Waals surface area contributed by atoms with Crippen molar-refractivity contribution in [3.63, 3.8) is 0 Å². The van der Waals surface area contributed by atoms with Gasteiger partial charge in [0.2, 0.25) is 0 Å². The van der Waals surface area contributed by atoms with Gasteiger partial charge < -0.3 is 15.3 Å². The molecule has 1 aliphatic heterocycles. The van der Waals surface area contributed by atoms with E-state index in [1.165, 1.54) is 25.7 Å². The number of likely N-dealkylation sites (tertiary alicyclic amines) is 1. The molecule has 0 aromatic rings. The summed E-state index contributed by atoms with van der Waals surface area (Å²) in [5.41, 5.74) is -1.04. The maximum atomic E-state index is 12.5. The van der Waals surface area contributed by atoms with Crippen molar-refractivity contribution in [2.24, 2.45) is 11.8 Å². The van der Waals surface area contributed by atoms with E-state index in [2.05, 4.69) is 5.32 Å². The van der Waals surface area contributed by atoms with Gasteiger partial charge in [0.15, 0.2) is 0 Å². The van der Waals surface area contributed by atoms with Crippen LogP contribution in [0, 0.1) is 11.8 Å². The lowest BCUT2D eigenvalue weighted by Gasteiger charge is -2.42. The standard InChI is InChI=1S/C15H24N2O3/c1-15(13(18)19)8-2-3-9-17(15)14(20)16-12(10-4-5-10)11-6-7-11/h10-12H,2-9H2,1H3,(H,16,20)(H,18,19). The molecule has 112 valence electrons. The van der Waals surface area contributed by atoms with Crippen LogP contribution in [0.25, 0.3) is 0 Å². The Bertz CT molecular complexity index is 405. The molecule has 1 heterocycles. The van der Waals surface area contributed by atoms with Crippen LogP contribution in [0.15, 0.2) is 0 Å². The maximum absolute atomic E-state index is 12.5. The molecule has 20 heavy (non-hydrogen) atoms. The summed E-state index contributed by atoms with van der Waals surface area (Å²) in [6, 6.07) is 0.112. The van der Waals surface area contributed by atoms with Crippen LogP contribution in [0.3, 0.4) is 0 Å². The molecular formula is C15H24N2O3. The summed E-state index contributed by atoms with van der Waals surface area (Å²) in [4.78, 5) is 25.6. The van der Waals surface area contributed by atoms with E-state index >= 15 is 0 Å². The molecule has 0 bridgehead atoms. The van der Waals surface area contributed by atoms with Gasteiger partial charge in [0.25, 0.3) is 0 Å². The molecule has 2 aliphatic carbocycles. The van der Waals surface area contributed by atoms with Crippen LogP contribution < -0.4 is 5.32 Å². The van der Waals surface area contributed by atoms with Crippen molar-refractivity contribution in [1.29, 1.82) is 0 Å². The second-order valence-corrected chi connectivity index (χ2v) is 6.84. The van der Waals surface area contributed by atoms with Crippen molar-refractivity contribution in [2.75, 3.05) is 6.54 Å². The first kappa shape index (κ1) is 13.7. The molecule has 0 aromatic heterocycles.